The number of aryl methyl sites for hydroxylation is 1. The van der Waals surface area contributed by atoms with Gasteiger partial charge in [0.25, 0.3) is 0 Å². The SMILES string of the molecule is CCOc1ccc(N2C[C@@H](C(=O)Nc3nc4ccc(C)cc4s3)CC2=O)cc1. The van der Waals surface area contributed by atoms with E-state index < -0.39 is 5.92 Å². The van der Waals surface area contributed by atoms with E-state index in [0.717, 1.165) is 27.2 Å². The first-order valence-electron chi connectivity index (χ1n) is 9.25. The molecule has 0 bridgehead atoms. The van der Waals surface area contributed by atoms with Gasteiger partial charge in [0.15, 0.2) is 5.13 Å². The van der Waals surface area contributed by atoms with Crippen LogP contribution in [0.1, 0.15) is 18.9 Å². The molecule has 144 valence electrons. The molecule has 1 saturated heterocycles. The number of carbonyl (C=O) groups excluding carboxylic acids is 2. The number of anilines is 2. The smallest absolute Gasteiger partial charge is 0.231 e. The number of nitrogens with zero attached hydrogens (tertiary/aromatic N) is 2. The van der Waals surface area contributed by atoms with Crippen LogP contribution in [0, 0.1) is 12.8 Å². The molecule has 1 aliphatic rings. The Morgan fingerprint density at radius 3 is 2.82 bits per heavy atom. The summed E-state index contributed by atoms with van der Waals surface area (Å²) in [6.45, 7) is 4.91. The number of thiazole rings is 1. The number of hydrogen-bond acceptors (Lipinski definition) is 5. The Morgan fingerprint density at radius 2 is 2.07 bits per heavy atom. The Bertz CT molecular complexity index is 1030. The molecule has 2 heterocycles. The molecular weight excluding hydrogens is 374 g/mol. The van der Waals surface area contributed by atoms with Crippen molar-refractivity contribution in [2.45, 2.75) is 20.3 Å². The first-order chi connectivity index (χ1) is 13.5. The van der Waals surface area contributed by atoms with Gasteiger partial charge in [0.2, 0.25) is 11.8 Å². The number of carbonyl (C=O) groups is 2. The summed E-state index contributed by atoms with van der Waals surface area (Å²) in [5.41, 5.74) is 2.80. The zero-order chi connectivity index (χ0) is 19.7. The van der Waals surface area contributed by atoms with E-state index in [0.29, 0.717) is 18.3 Å². The summed E-state index contributed by atoms with van der Waals surface area (Å²) >= 11 is 1.45. The van der Waals surface area contributed by atoms with Crippen molar-refractivity contribution in [2.75, 3.05) is 23.4 Å². The largest absolute Gasteiger partial charge is 0.494 e. The molecule has 0 aliphatic carbocycles. The standard InChI is InChI=1S/C21H21N3O3S/c1-3-27-16-7-5-15(6-8-16)24-12-14(11-19(24)25)20(26)23-21-22-17-9-4-13(2)10-18(17)28-21/h4-10,14H,3,11-12H2,1-2H3,(H,22,23,26)/t14-/m0/s1. The van der Waals surface area contributed by atoms with Crippen molar-refractivity contribution in [3.05, 3.63) is 48.0 Å². The summed E-state index contributed by atoms with van der Waals surface area (Å²) in [7, 11) is 0. The summed E-state index contributed by atoms with van der Waals surface area (Å²) in [4.78, 5) is 31.2. The number of rotatable bonds is 5. The van der Waals surface area contributed by atoms with Gasteiger partial charge < -0.3 is 15.0 Å². The highest BCUT2D eigenvalue weighted by Crippen LogP contribution is 2.30. The van der Waals surface area contributed by atoms with Gasteiger partial charge in [0.1, 0.15) is 5.75 Å². The number of benzene rings is 2. The van der Waals surface area contributed by atoms with Gasteiger partial charge in [-0.3, -0.25) is 9.59 Å². The lowest BCUT2D eigenvalue weighted by Crippen LogP contribution is -2.28. The second kappa shape index (κ2) is 7.59. The highest BCUT2D eigenvalue weighted by molar-refractivity contribution is 7.22. The number of nitrogens with one attached hydrogen (secondary N) is 1. The van der Waals surface area contributed by atoms with E-state index in [9.17, 15) is 9.59 Å². The highest BCUT2D eigenvalue weighted by atomic mass is 32.1. The Morgan fingerprint density at radius 1 is 1.29 bits per heavy atom. The van der Waals surface area contributed by atoms with Crippen LogP contribution in [-0.2, 0) is 9.59 Å². The number of hydrogen-bond donors (Lipinski definition) is 1. The predicted molar refractivity (Wildman–Crippen MR) is 111 cm³/mol. The molecule has 6 nitrogen and oxygen atoms in total. The van der Waals surface area contributed by atoms with Gasteiger partial charge in [-0.05, 0) is 55.8 Å². The van der Waals surface area contributed by atoms with Crippen LogP contribution in [0.4, 0.5) is 10.8 Å². The van der Waals surface area contributed by atoms with E-state index in [-0.39, 0.29) is 18.2 Å². The van der Waals surface area contributed by atoms with Crippen LogP contribution in [0.25, 0.3) is 10.2 Å². The zero-order valence-corrected chi connectivity index (χ0v) is 16.6. The Balaban J connectivity index is 1.44. The van der Waals surface area contributed by atoms with Crippen LogP contribution < -0.4 is 15.0 Å². The van der Waals surface area contributed by atoms with E-state index in [1.54, 1.807) is 4.90 Å². The molecule has 2 amide bonds. The average molecular weight is 395 g/mol. The Hall–Kier alpha value is -2.93. The lowest BCUT2D eigenvalue weighted by atomic mass is 10.1. The van der Waals surface area contributed by atoms with Crippen LogP contribution in [-0.4, -0.2) is 29.9 Å². The summed E-state index contributed by atoms with van der Waals surface area (Å²) in [5, 5.41) is 3.45. The van der Waals surface area contributed by atoms with E-state index >= 15 is 0 Å². The fourth-order valence-electron chi connectivity index (χ4n) is 3.31. The quantitative estimate of drug-likeness (QED) is 0.709. The fourth-order valence-corrected chi connectivity index (χ4v) is 4.28. The molecule has 1 atom stereocenters. The number of aromatic nitrogens is 1. The Kier molecular flexibility index (Phi) is 5.00. The van der Waals surface area contributed by atoms with Gasteiger partial charge in [-0.15, -0.1) is 0 Å². The molecule has 1 N–H and O–H groups in total. The van der Waals surface area contributed by atoms with Crippen molar-refractivity contribution >= 4 is 44.2 Å². The normalized spacial score (nSPS) is 16.6. The molecule has 3 aromatic rings. The zero-order valence-electron chi connectivity index (χ0n) is 15.8. The molecule has 4 rings (SSSR count). The topological polar surface area (TPSA) is 71.5 Å². The van der Waals surface area contributed by atoms with Crippen molar-refractivity contribution in [2.24, 2.45) is 5.92 Å². The minimum Gasteiger partial charge on any atom is -0.494 e. The molecule has 7 heteroatoms. The maximum atomic E-state index is 12.7. The summed E-state index contributed by atoms with van der Waals surface area (Å²) in [5.74, 6) is 0.146. The molecule has 0 saturated carbocycles. The van der Waals surface area contributed by atoms with Gasteiger partial charge in [-0.25, -0.2) is 4.98 Å². The molecule has 0 unspecified atom stereocenters. The first-order valence-corrected chi connectivity index (χ1v) is 10.1. The molecule has 28 heavy (non-hydrogen) atoms. The van der Waals surface area contributed by atoms with E-state index in [1.165, 1.54) is 11.3 Å². The first kappa shape index (κ1) is 18.4. The Labute approximate surface area is 167 Å². The minimum absolute atomic E-state index is 0.0516. The van der Waals surface area contributed by atoms with Crippen molar-refractivity contribution in [1.82, 2.24) is 4.98 Å². The lowest BCUT2D eigenvalue weighted by molar-refractivity contribution is -0.122. The number of fused-ring (bicyclic) bond motifs is 1. The van der Waals surface area contributed by atoms with Gasteiger partial charge >= 0.3 is 0 Å². The van der Waals surface area contributed by atoms with Crippen molar-refractivity contribution in [3.8, 4) is 5.75 Å². The molecular formula is C21H21N3O3S. The molecule has 1 aliphatic heterocycles. The third-order valence-electron chi connectivity index (χ3n) is 4.73. The third-order valence-corrected chi connectivity index (χ3v) is 5.66. The highest BCUT2D eigenvalue weighted by Gasteiger charge is 2.35. The van der Waals surface area contributed by atoms with Gasteiger partial charge in [0, 0.05) is 18.7 Å². The van der Waals surface area contributed by atoms with Gasteiger partial charge in [0.05, 0.1) is 22.7 Å². The van der Waals surface area contributed by atoms with Gasteiger partial charge in [-0.2, -0.15) is 0 Å². The van der Waals surface area contributed by atoms with Gasteiger partial charge in [-0.1, -0.05) is 17.4 Å². The van der Waals surface area contributed by atoms with Crippen LogP contribution in [0.2, 0.25) is 0 Å². The van der Waals surface area contributed by atoms with Crippen LogP contribution in [0.5, 0.6) is 5.75 Å². The number of amides is 2. The predicted octanol–water partition coefficient (Wildman–Crippen LogP) is 4.00. The van der Waals surface area contributed by atoms with E-state index in [4.69, 9.17) is 4.74 Å². The summed E-state index contributed by atoms with van der Waals surface area (Å²) < 4.78 is 6.47. The molecule has 0 spiro atoms. The molecule has 2 aromatic carbocycles. The monoisotopic (exact) mass is 395 g/mol. The van der Waals surface area contributed by atoms with E-state index in [2.05, 4.69) is 16.4 Å². The van der Waals surface area contributed by atoms with Crippen molar-refractivity contribution < 1.29 is 14.3 Å². The summed E-state index contributed by atoms with van der Waals surface area (Å²) in [6.07, 6.45) is 0.197. The number of ether oxygens (including phenoxy) is 1. The molecule has 1 fully saturated rings. The second-order valence-corrected chi connectivity index (χ2v) is 7.84. The maximum absolute atomic E-state index is 12.7. The average Bonchev–Trinajstić information content (AvgIpc) is 3.25. The maximum Gasteiger partial charge on any atom is 0.231 e. The third kappa shape index (κ3) is 3.71. The van der Waals surface area contributed by atoms with Crippen molar-refractivity contribution in [1.29, 1.82) is 0 Å². The fraction of sp³-hybridized carbons (Fsp3) is 0.286. The summed E-state index contributed by atoms with van der Waals surface area (Å²) in [6, 6.07) is 13.4. The van der Waals surface area contributed by atoms with Crippen molar-refractivity contribution in [3.63, 3.8) is 0 Å². The molecule has 1 aromatic heterocycles. The second-order valence-electron chi connectivity index (χ2n) is 6.81. The minimum atomic E-state index is -0.396. The van der Waals surface area contributed by atoms with E-state index in [1.807, 2.05) is 50.2 Å². The molecule has 0 radical (unpaired) electrons. The van der Waals surface area contributed by atoms with Crippen LogP contribution in [0.15, 0.2) is 42.5 Å². The van der Waals surface area contributed by atoms with Crippen LogP contribution >= 0.6 is 11.3 Å². The van der Waals surface area contributed by atoms with Crippen LogP contribution in [0.3, 0.4) is 0 Å². The lowest BCUT2D eigenvalue weighted by Gasteiger charge is -2.17.